The predicted octanol–water partition coefficient (Wildman–Crippen LogP) is 6.35. The Bertz CT molecular complexity index is 631. The topological polar surface area (TPSA) is 40.9 Å². The lowest BCUT2D eigenvalue weighted by Crippen LogP contribution is -2.36. The summed E-state index contributed by atoms with van der Waals surface area (Å²) < 4.78 is 0. The van der Waals surface area contributed by atoms with Gasteiger partial charge >= 0.3 is 0 Å². The van der Waals surface area contributed by atoms with Crippen LogP contribution in [0.5, 0.6) is 0 Å². The monoisotopic (exact) mass is 351 g/mol. The van der Waals surface area contributed by atoms with Crippen LogP contribution in [-0.2, 0) is 11.2 Å². The summed E-state index contributed by atoms with van der Waals surface area (Å²) in [7, 11) is 0. The Hall–Kier alpha value is -1.62. The Labute approximate surface area is 159 Å². The third kappa shape index (κ3) is 4.37. The summed E-state index contributed by atoms with van der Waals surface area (Å²) in [5, 5.41) is 9.91. The molecule has 0 unspecified atom stereocenters. The Kier molecular flexibility index (Phi) is 6.52. The van der Waals surface area contributed by atoms with Gasteiger partial charge in [-0.2, -0.15) is 5.26 Å². The van der Waals surface area contributed by atoms with Crippen molar-refractivity contribution in [2.45, 2.75) is 89.9 Å². The van der Waals surface area contributed by atoms with Crippen LogP contribution in [0.1, 0.15) is 94.6 Å². The number of ketones is 1. The molecule has 2 heteroatoms. The van der Waals surface area contributed by atoms with Crippen molar-refractivity contribution in [2.24, 2.45) is 11.3 Å². The highest BCUT2D eigenvalue weighted by atomic mass is 16.1. The molecule has 0 radical (unpaired) electrons. The average molecular weight is 352 g/mol. The van der Waals surface area contributed by atoms with Crippen molar-refractivity contribution in [1.29, 1.82) is 5.26 Å². The zero-order chi connectivity index (χ0) is 18.4. The second kappa shape index (κ2) is 8.85. The molecule has 1 aromatic carbocycles. The maximum Gasteiger partial charge on any atom is 0.133 e. The molecule has 0 aromatic heterocycles. The number of benzene rings is 1. The van der Waals surface area contributed by atoms with Crippen molar-refractivity contribution in [2.75, 3.05) is 0 Å². The minimum absolute atomic E-state index is 0.243. The molecule has 2 aliphatic rings. The first-order valence-electron chi connectivity index (χ1n) is 10.7. The molecule has 2 fully saturated rings. The van der Waals surface area contributed by atoms with Crippen LogP contribution in [0.15, 0.2) is 24.3 Å². The van der Waals surface area contributed by atoms with Crippen LogP contribution in [-0.4, -0.2) is 5.78 Å². The van der Waals surface area contributed by atoms with Gasteiger partial charge in [0.05, 0.1) is 11.5 Å². The number of unbranched alkanes of at least 4 members (excludes halogenated alkanes) is 2. The van der Waals surface area contributed by atoms with Gasteiger partial charge in [0, 0.05) is 12.8 Å². The van der Waals surface area contributed by atoms with Crippen LogP contribution in [0, 0.1) is 22.7 Å². The molecular weight excluding hydrogens is 318 g/mol. The van der Waals surface area contributed by atoms with E-state index >= 15 is 0 Å². The standard InChI is InChI=1S/C24H33NO/c1-2-3-4-6-19-9-11-20(12-10-19)21-13-15-24(18-25,16-14-21)22-7-5-8-23(26)17-22/h9-12,21-22H,2-8,13-17H2,1H3/t21-,22-,24+/m1/s1. The second-order valence-corrected chi connectivity index (χ2v) is 8.57. The van der Waals surface area contributed by atoms with Crippen LogP contribution in [0.25, 0.3) is 0 Å². The van der Waals surface area contributed by atoms with Crippen LogP contribution in [0.3, 0.4) is 0 Å². The van der Waals surface area contributed by atoms with Crippen molar-refractivity contribution in [3.63, 3.8) is 0 Å². The molecule has 0 heterocycles. The van der Waals surface area contributed by atoms with E-state index < -0.39 is 0 Å². The number of carbonyl (C=O) groups excluding carboxylic acids is 1. The molecule has 0 aliphatic heterocycles. The zero-order valence-corrected chi connectivity index (χ0v) is 16.3. The molecule has 26 heavy (non-hydrogen) atoms. The maximum absolute atomic E-state index is 11.9. The first-order valence-corrected chi connectivity index (χ1v) is 10.7. The highest BCUT2D eigenvalue weighted by Crippen LogP contribution is 2.50. The zero-order valence-electron chi connectivity index (χ0n) is 16.3. The summed E-state index contributed by atoms with van der Waals surface area (Å²) in [6.07, 6.45) is 12.6. The largest absolute Gasteiger partial charge is 0.300 e. The fourth-order valence-electron chi connectivity index (χ4n) is 5.11. The molecule has 3 rings (SSSR count). The summed E-state index contributed by atoms with van der Waals surface area (Å²) >= 11 is 0. The number of rotatable bonds is 6. The molecule has 0 bridgehead atoms. The lowest BCUT2D eigenvalue weighted by Gasteiger charge is -2.42. The van der Waals surface area contributed by atoms with Gasteiger partial charge < -0.3 is 0 Å². The lowest BCUT2D eigenvalue weighted by atomic mass is 9.60. The lowest BCUT2D eigenvalue weighted by molar-refractivity contribution is -0.123. The molecule has 1 atom stereocenters. The SMILES string of the molecule is CCCCCc1ccc([C@H]2CC[C@@](C#N)([C@@H]3CCCC(=O)C3)CC2)cc1. The van der Waals surface area contributed by atoms with Crippen LogP contribution < -0.4 is 0 Å². The molecule has 140 valence electrons. The summed E-state index contributed by atoms with van der Waals surface area (Å²) in [6, 6.07) is 11.9. The van der Waals surface area contributed by atoms with Gasteiger partial charge in [-0.3, -0.25) is 4.79 Å². The second-order valence-electron chi connectivity index (χ2n) is 8.57. The van der Waals surface area contributed by atoms with Gasteiger partial charge in [-0.1, -0.05) is 44.0 Å². The van der Waals surface area contributed by atoms with E-state index in [2.05, 4.69) is 37.3 Å². The molecule has 2 aliphatic carbocycles. The molecule has 0 amide bonds. The van der Waals surface area contributed by atoms with E-state index in [1.807, 2.05) is 0 Å². The van der Waals surface area contributed by atoms with E-state index in [-0.39, 0.29) is 5.41 Å². The van der Waals surface area contributed by atoms with E-state index in [1.54, 1.807) is 0 Å². The van der Waals surface area contributed by atoms with Crippen molar-refractivity contribution >= 4 is 5.78 Å². The van der Waals surface area contributed by atoms with E-state index in [0.29, 0.717) is 24.0 Å². The predicted molar refractivity (Wildman–Crippen MR) is 106 cm³/mol. The molecule has 2 nitrogen and oxygen atoms in total. The Morgan fingerprint density at radius 3 is 2.46 bits per heavy atom. The Morgan fingerprint density at radius 2 is 1.85 bits per heavy atom. The van der Waals surface area contributed by atoms with Crippen LogP contribution >= 0.6 is 0 Å². The molecule has 0 N–H and O–H groups in total. The number of hydrogen-bond donors (Lipinski definition) is 0. The summed E-state index contributed by atoms with van der Waals surface area (Å²) in [4.78, 5) is 11.9. The number of aryl methyl sites for hydroxylation is 1. The molecule has 1 aromatic rings. The van der Waals surface area contributed by atoms with Gasteiger partial charge in [-0.25, -0.2) is 0 Å². The number of nitrogens with zero attached hydrogens (tertiary/aromatic N) is 1. The first-order chi connectivity index (χ1) is 12.7. The Morgan fingerprint density at radius 1 is 1.12 bits per heavy atom. The van der Waals surface area contributed by atoms with Gasteiger partial charge in [0.25, 0.3) is 0 Å². The van der Waals surface area contributed by atoms with Crippen LogP contribution in [0.4, 0.5) is 0 Å². The first kappa shape index (κ1) is 19.2. The van der Waals surface area contributed by atoms with E-state index in [9.17, 15) is 10.1 Å². The molecule has 2 saturated carbocycles. The van der Waals surface area contributed by atoms with Gasteiger partial charge in [0.15, 0.2) is 0 Å². The van der Waals surface area contributed by atoms with E-state index in [1.165, 1.54) is 36.8 Å². The van der Waals surface area contributed by atoms with Gasteiger partial charge in [0.2, 0.25) is 0 Å². The minimum atomic E-state index is -0.243. The Balaban J connectivity index is 1.58. The van der Waals surface area contributed by atoms with Crippen LogP contribution in [0.2, 0.25) is 0 Å². The molecular formula is C24H33NO. The highest BCUT2D eigenvalue weighted by Gasteiger charge is 2.43. The third-order valence-electron chi connectivity index (χ3n) is 6.88. The minimum Gasteiger partial charge on any atom is -0.300 e. The summed E-state index contributed by atoms with van der Waals surface area (Å²) in [6.45, 7) is 2.25. The highest BCUT2D eigenvalue weighted by molar-refractivity contribution is 5.79. The number of nitriles is 1. The van der Waals surface area contributed by atoms with Crippen molar-refractivity contribution in [3.8, 4) is 6.07 Å². The quantitative estimate of drug-likeness (QED) is 0.561. The fraction of sp³-hybridized carbons (Fsp3) is 0.667. The summed E-state index contributed by atoms with van der Waals surface area (Å²) in [5.74, 6) is 1.26. The van der Waals surface area contributed by atoms with E-state index in [0.717, 1.165) is 44.9 Å². The molecule has 0 spiro atoms. The van der Waals surface area contributed by atoms with Gasteiger partial charge in [-0.05, 0) is 74.3 Å². The van der Waals surface area contributed by atoms with Gasteiger partial charge in [0.1, 0.15) is 5.78 Å². The van der Waals surface area contributed by atoms with E-state index in [4.69, 9.17) is 0 Å². The third-order valence-corrected chi connectivity index (χ3v) is 6.88. The average Bonchev–Trinajstić information content (AvgIpc) is 2.69. The fourth-order valence-corrected chi connectivity index (χ4v) is 5.11. The summed E-state index contributed by atoms with van der Waals surface area (Å²) in [5.41, 5.74) is 2.65. The molecule has 0 saturated heterocycles. The normalized spacial score (nSPS) is 29.3. The number of carbonyl (C=O) groups is 1. The van der Waals surface area contributed by atoms with Gasteiger partial charge in [-0.15, -0.1) is 0 Å². The maximum atomic E-state index is 11.9. The number of Topliss-reactive ketones (excluding diaryl/α,β-unsaturated/α-hetero) is 1. The number of hydrogen-bond acceptors (Lipinski definition) is 2. The smallest absolute Gasteiger partial charge is 0.133 e. The van der Waals surface area contributed by atoms with Crippen molar-refractivity contribution in [1.82, 2.24) is 0 Å². The van der Waals surface area contributed by atoms with Crippen molar-refractivity contribution < 1.29 is 4.79 Å². The van der Waals surface area contributed by atoms with Crippen molar-refractivity contribution in [3.05, 3.63) is 35.4 Å².